The largest absolute Gasteiger partial charge is 0.385 e. The molecule has 0 saturated carbocycles. The summed E-state index contributed by atoms with van der Waals surface area (Å²) in [5, 5.41) is 6.15. The number of nitrogens with zero attached hydrogens (tertiary/aromatic N) is 1. The van der Waals surface area contributed by atoms with E-state index in [-0.39, 0.29) is 5.91 Å². The van der Waals surface area contributed by atoms with Gasteiger partial charge < -0.3 is 10.6 Å². The minimum atomic E-state index is -0.0567. The van der Waals surface area contributed by atoms with Crippen LogP contribution in [-0.2, 0) is 0 Å². The highest BCUT2D eigenvalue weighted by Crippen LogP contribution is 2.15. The lowest BCUT2D eigenvalue weighted by atomic mass is 10.1. The average molecular weight is 249 g/mol. The highest BCUT2D eigenvalue weighted by Gasteiger charge is 2.12. The molecule has 4 nitrogen and oxygen atoms in total. The predicted octanol–water partition coefficient (Wildman–Crippen LogP) is 2.60. The molecule has 0 aromatic carbocycles. The van der Waals surface area contributed by atoms with E-state index in [1.165, 1.54) is 0 Å². The third kappa shape index (κ3) is 4.02. The summed E-state index contributed by atoms with van der Waals surface area (Å²) in [7, 11) is 0. The Hall–Kier alpha value is -1.58. The SMILES string of the molecule is CCNc1cc(C)ncc1C(=O)NCC(C)CC. The smallest absolute Gasteiger partial charge is 0.254 e. The Bertz CT molecular complexity index is 404. The summed E-state index contributed by atoms with van der Waals surface area (Å²) >= 11 is 0. The van der Waals surface area contributed by atoms with E-state index in [1.54, 1.807) is 6.20 Å². The molecule has 1 aromatic rings. The van der Waals surface area contributed by atoms with E-state index in [0.29, 0.717) is 18.0 Å². The van der Waals surface area contributed by atoms with Crippen LogP contribution in [0.1, 0.15) is 43.2 Å². The molecule has 0 spiro atoms. The van der Waals surface area contributed by atoms with Gasteiger partial charge in [0, 0.05) is 25.0 Å². The molecule has 1 aromatic heterocycles. The molecule has 18 heavy (non-hydrogen) atoms. The highest BCUT2D eigenvalue weighted by molar-refractivity contribution is 5.99. The molecule has 0 aliphatic heterocycles. The number of anilines is 1. The van der Waals surface area contributed by atoms with E-state index in [1.807, 2.05) is 19.9 Å². The maximum Gasteiger partial charge on any atom is 0.254 e. The summed E-state index contributed by atoms with van der Waals surface area (Å²) in [6, 6.07) is 1.90. The Morgan fingerprint density at radius 2 is 2.17 bits per heavy atom. The number of carbonyl (C=O) groups excluding carboxylic acids is 1. The van der Waals surface area contributed by atoms with Gasteiger partial charge >= 0.3 is 0 Å². The van der Waals surface area contributed by atoms with Gasteiger partial charge in [0.25, 0.3) is 5.91 Å². The number of rotatable bonds is 6. The van der Waals surface area contributed by atoms with Crippen molar-refractivity contribution < 1.29 is 4.79 Å². The van der Waals surface area contributed by atoms with E-state index in [4.69, 9.17) is 0 Å². The summed E-state index contributed by atoms with van der Waals surface area (Å²) in [5.74, 6) is 0.439. The molecule has 0 bridgehead atoms. The summed E-state index contributed by atoms with van der Waals surface area (Å²) in [6.45, 7) is 9.66. The minimum Gasteiger partial charge on any atom is -0.385 e. The van der Waals surface area contributed by atoms with Gasteiger partial charge in [-0.3, -0.25) is 9.78 Å². The van der Waals surface area contributed by atoms with E-state index in [2.05, 4.69) is 29.5 Å². The fourth-order valence-electron chi connectivity index (χ4n) is 1.58. The number of pyridine rings is 1. The van der Waals surface area contributed by atoms with Gasteiger partial charge in [-0.2, -0.15) is 0 Å². The van der Waals surface area contributed by atoms with Crippen LogP contribution < -0.4 is 10.6 Å². The molecule has 1 rings (SSSR count). The topological polar surface area (TPSA) is 54.0 Å². The van der Waals surface area contributed by atoms with Gasteiger partial charge in [-0.05, 0) is 25.8 Å². The standard InChI is InChI=1S/C14H23N3O/c1-5-10(3)8-17-14(18)12-9-16-11(4)7-13(12)15-6-2/h7,9-10H,5-6,8H2,1-4H3,(H,15,16)(H,17,18). The van der Waals surface area contributed by atoms with Crippen molar-refractivity contribution in [2.45, 2.75) is 34.1 Å². The van der Waals surface area contributed by atoms with Gasteiger partial charge in [0.1, 0.15) is 0 Å². The molecule has 4 heteroatoms. The monoisotopic (exact) mass is 249 g/mol. The number of amides is 1. The van der Waals surface area contributed by atoms with E-state index in [9.17, 15) is 4.79 Å². The highest BCUT2D eigenvalue weighted by atomic mass is 16.1. The van der Waals surface area contributed by atoms with Crippen LogP contribution in [0, 0.1) is 12.8 Å². The molecule has 2 N–H and O–H groups in total. The quantitative estimate of drug-likeness (QED) is 0.814. The number of hydrogen-bond donors (Lipinski definition) is 2. The van der Waals surface area contributed by atoms with Crippen LogP contribution in [0.2, 0.25) is 0 Å². The van der Waals surface area contributed by atoms with Crippen molar-refractivity contribution in [3.8, 4) is 0 Å². The lowest BCUT2D eigenvalue weighted by Gasteiger charge is -2.13. The van der Waals surface area contributed by atoms with E-state index < -0.39 is 0 Å². The third-order valence-corrected chi connectivity index (χ3v) is 2.96. The van der Waals surface area contributed by atoms with Crippen molar-refractivity contribution in [2.24, 2.45) is 5.92 Å². The molecule has 1 unspecified atom stereocenters. The van der Waals surface area contributed by atoms with E-state index >= 15 is 0 Å². The van der Waals surface area contributed by atoms with Crippen LogP contribution in [0.15, 0.2) is 12.3 Å². The van der Waals surface area contributed by atoms with Crippen LogP contribution in [0.5, 0.6) is 0 Å². The summed E-state index contributed by atoms with van der Waals surface area (Å²) in [5.41, 5.74) is 2.38. The lowest BCUT2D eigenvalue weighted by Crippen LogP contribution is -2.29. The Labute approximate surface area is 109 Å². The van der Waals surface area contributed by atoms with Crippen molar-refractivity contribution in [2.75, 3.05) is 18.4 Å². The second kappa shape index (κ2) is 6.99. The molecule has 0 fully saturated rings. The third-order valence-electron chi connectivity index (χ3n) is 2.96. The van der Waals surface area contributed by atoms with Gasteiger partial charge in [0.05, 0.1) is 11.3 Å². The van der Waals surface area contributed by atoms with Gasteiger partial charge in [0.2, 0.25) is 0 Å². The second-order valence-electron chi connectivity index (χ2n) is 4.63. The number of carbonyl (C=O) groups is 1. The van der Waals surface area contributed by atoms with E-state index in [0.717, 1.165) is 24.3 Å². The molecule has 0 aliphatic carbocycles. The Morgan fingerprint density at radius 1 is 1.44 bits per heavy atom. The normalized spacial score (nSPS) is 12.0. The van der Waals surface area contributed by atoms with Gasteiger partial charge in [0.15, 0.2) is 0 Å². The minimum absolute atomic E-state index is 0.0567. The van der Waals surface area contributed by atoms with Gasteiger partial charge in [-0.1, -0.05) is 20.3 Å². The van der Waals surface area contributed by atoms with Crippen LogP contribution in [0.25, 0.3) is 0 Å². The summed E-state index contributed by atoms with van der Waals surface area (Å²) < 4.78 is 0. The van der Waals surface area contributed by atoms with Crippen molar-refractivity contribution >= 4 is 11.6 Å². The molecule has 1 heterocycles. The molecule has 100 valence electrons. The zero-order valence-corrected chi connectivity index (χ0v) is 11.7. The van der Waals surface area contributed by atoms with Crippen LogP contribution in [0.4, 0.5) is 5.69 Å². The van der Waals surface area contributed by atoms with Crippen LogP contribution in [0.3, 0.4) is 0 Å². The molecular formula is C14H23N3O. The molecule has 0 radical (unpaired) electrons. The van der Waals surface area contributed by atoms with Gasteiger partial charge in [-0.15, -0.1) is 0 Å². The Kier molecular flexibility index (Phi) is 5.62. The maximum atomic E-state index is 12.1. The van der Waals surface area contributed by atoms with Crippen molar-refractivity contribution in [3.63, 3.8) is 0 Å². The molecule has 1 amide bonds. The zero-order chi connectivity index (χ0) is 13.5. The van der Waals surface area contributed by atoms with Gasteiger partial charge in [-0.25, -0.2) is 0 Å². The molecule has 1 atom stereocenters. The molecule has 0 saturated heterocycles. The molecule has 0 aliphatic rings. The first-order valence-corrected chi connectivity index (χ1v) is 6.57. The number of nitrogens with one attached hydrogen (secondary N) is 2. The summed E-state index contributed by atoms with van der Waals surface area (Å²) in [4.78, 5) is 16.3. The first kappa shape index (κ1) is 14.5. The summed E-state index contributed by atoms with van der Waals surface area (Å²) in [6.07, 6.45) is 2.70. The average Bonchev–Trinajstić information content (AvgIpc) is 2.36. The van der Waals surface area contributed by atoms with Crippen molar-refractivity contribution in [1.29, 1.82) is 0 Å². The second-order valence-corrected chi connectivity index (χ2v) is 4.63. The lowest BCUT2D eigenvalue weighted by molar-refractivity contribution is 0.0948. The zero-order valence-electron chi connectivity index (χ0n) is 11.7. The number of aryl methyl sites for hydroxylation is 1. The van der Waals surface area contributed by atoms with Crippen LogP contribution >= 0.6 is 0 Å². The fourth-order valence-corrected chi connectivity index (χ4v) is 1.58. The first-order valence-electron chi connectivity index (χ1n) is 6.57. The molecular weight excluding hydrogens is 226 g/mol. The first-order chi connectivity index (χ1) is 8.58. The Morgan fingerprint density at radius 3 is 2.78 bits per heavy atom. The van der Waals surface area contributed by atoms with Crippen LogP contribution in [-0.4, -0.2) is 24.0 Å². The Balaban J connectivity index is 2.78. The van der Waals surface area contributed by atoms with Crippen molar-refractivity contribution in [3.05, 3.63) is 23.5 Å². The fraction of sp³-hybridized carbons (Fsp3) is 0.571. The predicted molar refractivity (Wildman–Crippen MR) is 74.9 cm³/mol. The maximum absolute atomic E-state index is 12.1. The number of aromatic nitrogens is 1. The van der Waals surface area contributed by atoms with Crippen molar-refractivity contribution in [1.82, 2.24) is 10.3 Å². The number of hydrogen-bond acceptors (Lipinski definition) is 3.